The summed E-state index contributed by atoms with van der Waals surface area (Å²) in [6.45, 7) is 2.10. The van der Waals surface area contributed by atoms with Crippen LogP contribution in [0.15, 0.2) is 36.5 Å². The molecule has 1 aromatic heterocycles. The largest absolute Gasteiger partial charge is 0.491 e. The van der Waals surface area contributed by atoms with Crippen LogP contribution in [-0.4, -0.2) is 23.0 Å². The Hall–Kier alpha value is -2.14. The number of rotatable bonds is 6. The second-order valence-corrected chi connectivity index (χ2v) is 5.07. The van der Waals surface area contributed by atoms with Gasteiger partial charge in [0.25, 0.3) is 0 Å². The number of para-hydroxylation sites is 1. The SMILES string of the molecule is CC(N)(CCCOc1cccc2cccnc12)C(N)=O. The second-order valence-electron chi connectivity index (χ2n) is 5.07. The first kappa shape index (κ1) is 14.3. The molecule has 0 saturated heterocycles. The molecule has 106 valence electrons. The Morgan fingerprint density at radius 3 is 2.85 bits per heavy atom. The minimum atomic E-state index is -0.986. The van der Waals surface area contributed by atoms with E-state index in [9.17, 15) is 4.79 Å². The maximum atomic E-state index is 11.1. The van der Waals surface area contributed by atoms with Crippen molar-refractivity contribution < 1.29 is 9.53 Å². The van der Waals surface area contributed by atoms with Gasteiger partial charge in [0, 0.05) is 11.6 Å². The number of ether oxygens (including phenoxy) is 1. The predicted molar refractivity (Wildman–Crippen MR) is 78.3 cm³/mol. The van der Waals surface area contributed by atoms with E-state index in [0.717, 1.165) is 16.7 Å². The highest BCUT2D eigenvalue weighted by Crippen LogP contribution is 2.23. The Labute approximate surface area is 117 Å². The maximum Gasteiger partial charge on any atom is 0.237 e. The number of nitrogens with zero attached hydrogens (tertiary/aromatic N) is 1. The number of carbonyl (C=O) groups excluding carboxylic acids is 1. The summed E-state index contributed by atoms with van der Waals surface area (Å²) in [7, 11) is 0. The van der Waals surface area contributed by atoms with Crippen LogP contribution in [-0.2, 0) is 4.79 Å². The summed E-state index contributed by atoms with van der Waals surface area (Å²) >= 11 is 0. The van der Waals surface area contributed by atoms with Crippen molar-refractivity contribution in [3.63, 3.8) is 0 Å². The smallest absolute Gasteiger partial charge is 0.237 e. The molecule has 1 heterocycles. The van der Waals surface area contributed by atoms with Crippen molar-refractivity contribution in [2.24, 2.45) is 11.5 Å². The molecule has 0 aliphatic rings. The summed E-state index contributed by atoms with van der Waals surface area (Å²) in [6, 6.07) is 9.66. The van der Waals surface area contributed by atoms with Gasteiger partial charge in [-0.15, -0.1) is 0 Å². The van der Waals surface area contributed by atoms with Gasteiger partial charge in [-0.25, -0.2) is 0 Å². The fourth-order valence-electron chi connectivity index (χ4n) is 1.94. The summed E-state index contributed by atoms with van der Waals surface area (Å²) in [5.41, 5.74) is 10.9. The van der Waals surface area contributed by atoms with Crippen LogP contribution in [0.25, 0.3) is 10.9 Å². The van der Waals surface area contributed by atoms with Gasteiger partial charge in [-0.1, -0.05) is 18.2 Å². The first-order valence-corrected chi connectivity index (χ1v) is 6.56. The Morgan fingerprint density at radius 1 is 1.35 bits per heavy atom. The van der Waals surface area contributed by atoms with E-state index >= 15 is 0 Å². The number of carbonyl (C=O) groups is 1. The number of nitrogens with two attached hydrogens (primary N) is 2. The number of primary amides is 1. The number of fused-ring (bicyclic) bond motifs is 1. The molecule has 0 aliphatic heterocycles. The molecule has 0 spiro atoms. The van der Waals surface area contributed by atoms with Crippen LogP contribution in [0.4, 0.5) is 0 Å². The van der Waals surface area contributed by atoms with Gasteiger partial charge in [0.15, 0.2) is 0 Å². The summed E-state index contributed by atoms with van der Waals surface area (Å²) in [6.07, 6.45) is 2.87. The van der Waals surface area contributed by atoms with Crippen molar-refractivity contribution in [1.82, 2.24) is 4.98 Å². The fourth-order valence-corrected chi connectivity index (χ4v) is 1.94. The van der Waals surface area contributed by atoms with E-state index in [1.165, 1.54) is 0 Å². The third-order valence-corrected chi connectivity index (χ3v) is 3.26. The number of aromatic nitrogens is 1. The van der Waals surface area contributed by atoms with Crippen molar-refractivity contribution in [3.05, 3.63) is 36.5 Å². The third kappa shape index (κ3) is 3.24. The lowest BCUT2D eigenvalue weighted by Crippen LogP contribution is -2.49. The molecule has 1 amide bonds. The van der Waals surface area contributed by atoms with Gasteiger partial charge >= 0.3 is 0 Å². The van der Waals surface area contributed by atoms with E-state index in [1.54, 1.807) is 13.1 Å². The van der Waals surface area contributed by atoms with Gasteiger partial charge in [-0.2, -0.15) is 0 Å². The van der Waals surface area contributed by atoms with Crippen molar-refractivity contribution >= 4 is 16.8 Å². The highest BCUT2D eigenvalue weighted by atomic mass is 16.5. The Kier molecular flexibility index (Phi) is 4.20. The van der Waals surface area contributed by atoms with Gasteiger partial charge in [0.2, 0.25) is 5.91 Å². The van der Waals surface area contributed by atoms with Crippen LogP contribution in [0.2, 0.25) is 0 Å². The number of benzene rings is 1. The number of hydrogen-bond acceptors (Lipinski definition) is 4. The highest BCUT2D eigenvalue weighted by molar-refractivity contribution is 5.84. The minimum absolute atomic E-state index is 0.468. The summed E-state index contributed by atoms with van der Waals surface area (Å²) in [5.74, 6) is 0.241. The van der Waals surface area contributed by atoms with E-state index in [-0.39, 0.29) is 0 Å². The van der Waals surface area contributed by atoms with Crippen LogP contribution in [0, 0.1) is 0 Å². The molecule has 1 aromatic carbocycles. The highest BCUT2D eigenvalue weighted by Gasteiger charge is 2.24. The lowest BCUT2D eigenvalue weighted by atomic mass is 9.97. The number of pyridine rings is 1. The molecule has 1 unspecified atom stereocenters. The Morgan fingerprint density at radius 2 is 2.10 bits per heavy atom. The molecule has 0 aliphatic carbocycles. The Balaban J connectivity index is 1.95. The lowest BCUT2D eigenvalue weighted by Gasteiger charge is -2.20. The molecule has 4 N–H and O–H groups in total. The maximum absolute atomic E-state index is 11.1. The van der Waals surface area contributed by atoms with Crippen molar-refractivity contribution in [3.8, 4) is 5.75 Å². The quantitative estimate of drug-likeness (QED) is 0.782. The Bertz CT molecular complexity index is 606. The first-order valence-electron chi connectivity index (χ1n) is 6.56. The molecule has 0 fully saturated rings. The molecular weight excluding hydrogens is 254 g/mol. The van der Waals surface area contributed by atoms with Gasteiger partial charge in [-0.3, -0.25) is 9.78 Å². The first-order chi connectivity index (χ1) is 9.50. The van der Waals surface area contributed by atoms with Crippen molar-refractivity contribution in [2.75, 3.05) is 6.61 Å². The molecule has 5 nitrogen and oxygen atoms in total. The summed E-state index contributed by atoms with van der Waals surface area (Å²) in [4.78, 5) is 15.4. The monoisotopic (exact) mass is 273 g/mol. The van der Waals surface area contributed by atoms with E-state index < -0.39 is 11.4 Å². The zero-order chi connectivity index (χ0) is 14.6. The third-order valence-electron chi connectivity index (χ3n) is 3.26. The molecule has 20 heavy (non-hydrogen) atoms. The molecular formula is C15H19N3O2. The fraction of sp³-hybridized carbons (Fsp3) is 0.333. The van der Waals surface area contributed by atoms with Crippen LogP contribution < -0.4 is 16.2 Å². The van der Waals surface area contributed by atoms with Gasteiger partial charge in [0.05, 0.1) is 12.1 Å². The molecule has 5 heteroatoms. The van der Waals surface area contributed by atoms with Gasteiger partial charge in [-0.05, 0) is 31.9 Å². The normalized spacial score (nSPS) is 13.9. The molecule has 2 aromatic rings. The minimum Gasteiger partial charge on any atom is -0.491 e. The second kappa shape index (κ2) is 5.88. The van der Waals surface area contributed by atoms with E-state index in [4.69, 9.17) is 16.2 Å². The lowest BCUT2D eigenvalue weighted by molar-refractivity contribution is -0.122. The van der Waals surface area contributed by atoms with E-state index in [1.807, 2.05) is 30.3 Å². The average Bonchev–Trinajstić information content (AvgIpc) is 2.43. The standard InChI is InChI=1S/C15H19N3O2/c1-15(17,14(16)19)8-4-10-20-12-7-2-5-11-6-3-9-18-13(11)12/h2-3,5-7,9H,4,8,10,17H2,1H3,(H2,16,19). The number of amides is 1. The number of hydrogen-bond donors (Lipinski definition) is 2. The zero-order valence-electron chi connectivity index (χ0n) is 11.5. The van der Waals surface area contributed by atoms with Crippen LogP contribution >= 0.6 is 0 Å². The molecule has 0 saturated carbocycles. The van der Waals surface area contributed by atoms with Crippen molar-refractivity contribution in [1.29, 1.82) is 0 Å². The van der Waals surface area contributed by atoms with Gasteiger partial charge in [0.1, 0.15) is 11.3 Å². The zero-order valence-corrected chi connectivity index (χ0v) is 11.5. The van der Waals surface area contributed by atoms with Crippen LogP contribution in [0.5, 0.6) is 5.75 Å². The molecule has 0 radical (unpaired) electrons. The van der Waals surface area contributed by atoms with Crippen molar-refractivity contribution in [2.45, 2.75) is 25.3 Å². The predicted octanol–water partition coefficient (Wildman–Crippen LogP) is 1.60. The summed E-state index contributed by atoms with van der Waals surface area (Å²) in [5, 5.41) is 1.03. The van der Waals surface area contributed by atoms with E-state index in [0.29, 0.717) is 19.4 Å². The van der Waals surface area contributed by atoms with E-state index in [2.05, 4.69) is 4.98 Å². The topological polar surface area (TPSA) is 91.2 Å². The molecule has 0 bridgehead atoms. The van der Waals surface area contributed by atoms with Crippen LogP contribution in [0.1, 0.15) is 19.8 Å². The molecule has 1 atom stereocenters. The van der Waals surface area contributed by atoms with Gasteiger partial charge < -0.3 is 16.2 Å². The van der Waals surface area contributed by atoms with Crippen LogP contribution in [0.3, 0.4) is 0 Å². The average molecular weight is 273 g/mol. The molecule has 2 rings (SSSR count). The summed E-state index contributed by atoms with van der Waals surface area (Å²) < 4.78 is 5.72.